The maximum Gasteiger partial charge on any atom is 0.213 e. The molecular weight excluding hydrogens is 394 g/mol. The number of thiazole rings is 1. The first-order chi connectivity index (χ1) is 14.8. The Kier molecular flexibility index (Phi) is 5.29. The molecule has 0 spiro atoms. The van der Waals surface area contributed by atoms with Gasteiger partial charge in [0.15, 0.2) is 5.13 Å². The highest BCUT2D eigenvalue weighted by Gasteiger charge is 2.12. The lowest BCUT2D eigenvalue weighted by molar-refractivity contribution is 0.331. The molecule has 0 atom stereocenters. The van der Waals surface area contributed by atoms with E-state index in [0.29, 0.717) is 5.88 Å². The van der Waals surface area contributed by atoms with Crippen molar-refractivity contribution in [3.8, 4) is 17.0 Å². The number of nitrogens with zero attached hydrogens (tertiary/aromatic N) is 4. The van der Waals surface area contributed by atoms with Crippen molar-refractivity contribution in [2.24, 2.45) is 0 Å². The van der Waals surface area contributed by atoms with Crippen LogP contribution in [0.5, 0.6) is 5.88 Å². The topological polar surface area (TPSA) is 63.2 Å². The second kappa shape index (κ2) is 8.38. The monoisotopic (exact) mass is 417 g/mol. The molecule has 7 heteroatoms. The van der Waals surface area contributed by atoms with Gasteiger partial charge in [0, 0.05) is 25.0 Å². The standard InChI is InChI=1S/C23H23N5OS/c1-29-22-14-18(7-9-25-22)17-4-5-19-20(13-17)30-23(26-19)27-21-12-16(6-8-24-21)15-28-10-2-3-11-28/h4-9,12-14H,2-3,10-11,15H2,1H3,(H,24,26,27). The van der Waals surface area contributed by atoms with Crippen molar-refractivity contribution < 1.29 is 4.74 Å². The molecule has 0 saturated carbocycles. The second-order valence-electron chi connectivity index (χ2n) is 7.45. The van der Waals surface area contributed by atoms with E-state index in [1.165, 1.54) is 31.5 Å². The predicted octanol–water partition coefficient (Wildman–Crippen LogP) is 5.10. The quantitative estimate of drug-likeness (QED) is 0.471. The Labute approximate surface area is 179 Å². The van der Waals surface area contributed by atoms with Gasteiger partial charge in [-0.3, -0.25) is 4.90 Å². The number of ether oxygens (including phenoxy) is 1. The van der Waals surface area contributed by atoms with Gasteiger partial charge in [-0.15, -0.1) is 0 Å². The molecule has 1 aromatic carbocycles. The number of methoxy groups -OCH3 is 1. The summed E-state index contributed by atoms with van der Waals surface area (Å²) in [6, 6.07) is 14.4. The first-order valence-corrected chi connectivity index (χ1v) is 10.9. The zero-order valence-electron chi connectivity index (χ0n) is 16.8. The highest BCUT2D eigenvalue weighted by molar-refractivity contribution is 7.22. The second-order valence-corrected chi connectivity index (χ2v) is 8.48. The van der Waals surface area contributed by atoms with Crippen LogP contribution in [-0.2, 0) is 6.54 Å². The highest BCUT2D eigenvalue weighted by Crippen LogP contribution is 2.32. The molecule has 0 aliphatic carbocycles. The Bertz CT molecular complexity index is 1170. The molecule has 1 saturated heterocycles. The van der Waals surface area contributed by atoms with Crippen LogP contribution in [0.2, 0.25) is 0 Å². The number of anilines is 2. The minimum Gasteiger partial charge on any atom is -0.481 e. The van der Waals surface area contributed by atoms with E-state index in [-0.39, 0.29) is 0 Å². The molecule has 5 rings (SSSR count). The third kappa shape index (κ3) is 4.13. The zero-order valence-corrected chi connectivity index (χ0v) is 17.7. The van der Waals surface area contributed by atoms with Crippen molar-refractivity contribution in [3.05, 3.63) is 60.4 Å². The number of likely N-dealkylation sites (tertiary alicyclic amines) is 1. The van der Waals surface area contributed by atoms with Gasteiger partial charge in [-0.1, -0.05) is 17.4 Å². The molecule has 4 aromatic rings. The van der Waals surface area contributed by atoms with Crippen LogP contribution in [0.1, 0.15) is 18.4 Å². The van der Waals surface area contributed by atoms with Gasteiger partial charge in [0.1, 0.15) is 5.82 Å². The lowest BCUT2D eigenvalue weighted by Crippen LogP contribution is -2.18. The number of nitrogens with one attached hydrogen (secondary N) is 1. The fourth-order valence-electron chi connectivity index (χ4n) is 3.81. The molecule has 4 heterocycles. The van der Waals surface area contributed by atoms with Gasteiger partial charge in [-0.05, 0) is 73.0 Å². The van der Waals surface area contributed by atoms with Crippen molar-refractivity contribution in [1.82, 2.24) is 19.9 Å². The van der Waals surface area contributed by atoms with E-state index >= 15 is 0 Å². The third-order valence-corrected chi connectivity index (χ3v) is 6.26. The molecule has 0 unspecified atom stereocenters. The van der Waals surface area contributed by atoms with Crippen LogP contribution in [0.3, 0.4) is 0 Å². The Morgan fingerprint density at radius 2 is 1.83 bits per heavy atom. The van der Waals surface area contributed by atoms with Crippen LogP contribution >= 0.6 is 11.3 Å². The van der Waals surface area contributed by atoms with Crippen LogP contribution in [0.25, 0.3) is 21.3 Å². The first kappa shape index (κ1) is 19.0. The number of hydrogen-bond acceptors (Lipinski definition) is 7. The molecule has 1 fully saturated rings. The fraction of sp³-hybridized carbons (Fsp3) is 0.261. The fourth-order valence-corrected chi connectivity index (χ4v) is 4.72. The van der Waals surface area contributed by atoms with Gasteiger partial charge in [-0.25, -0.2) is 15.0 Å². The van der Waals surface area contributed by atoms with Gasteiger partial charge in [0.05, 0.1) is 17.3 Å². The number of hydrogen-bond donors (Lipinski definition) is 1. The molecule has 6 nitrogen and oxygen atoms in total. The molecule has 0 amide bonds. The number of pyridine rings is 2. The largest absolute Gasteiger partial charge is 0.481 e. The smallest absolute Gasteiger partial charge is 0.213 e. The van der Waals surface area contributed by atoms with Crippen LogP contribution in [-0.4, -0.2) is 40.1 Å². The van der Waals surface area contributed by atoms with Crippen LogP contribution in [0, 0.1) is 0 Å². The SMILES string of the molecule is COc1cc(-c2ccc3nc(Nc4cc(CN5CCCC5)ccn4)sc3c2)ccn1. The average molecular weight is 418 g/mol. The molecule has 1 N–H and O–H groups in total. The van der Waals surface area contributed by atoms with Gasteiger partial charge in [0.25, 0.3) is 0 Å². The molecular formula is C23H23N5OS. The third-order valence-electron chi connectivity index (χ3n) is 5.33. The maximum absolute atomic E-state index is 5.24. The molecule has 1 aliphatic rings. The Balaban J connectivity index is 1.36. The lowest BCUT2D eigenvalue weighted by Gasteiger charge is -2.14. The minimum absolute atomic E-state index is 0.610. The van der Waals surface area contributed by atoms with E-state index in [4.69, 9.17) is 9.72 Å². The predicted molar refractivity (Wildman–Crippen MR) is 121 cm³/mol. The van der Waals surface area contributed by atoms with Crippen molar-refractivity contribution in [2.75, 3.05) is 25.5 Å². The number of rotatable bonds is 6. The summed E-state index contributed by atoms with van der Waals surface area (Å²) >= 11 is 1.63. The number of fused-ring (bicyclic) bond motifs is 1. The van der Waals surface area contributed by atoms with Crippen molar-refractivity contribution in [3.63, 3.8) is 0 Å². The van der Waals surface area contributed by atoms with Gasteiger partial charge in [-0.2, -0.15) is 0 Å². The Morgan fingerprint density at radius 1 is 1.00 bits per heavy atom. The number of benzene rings is 1. The molecule has 1 aliphatic heterocycles. The summed E-state index contributed by atoms with van der Waals surface area (Å²) in [5, 5.41) is 4.23. The molecule has 0 bridgehead atoms. The van der Waals surface area contributed by atoms with Crippen molar-refractivity contribution in [2.45, 2.75) is 19.4 Å². The summed E-state index contributed by atoms with van der Waals surface area (Å²) in [5.74, 6) is 1.45. The van der Waals surface area contributed by atoms with E-state index in [1.807, 2.05) is 18.3 Å². The summed E-state index contributed by atoms with van der Waals surface area (Å²) in [4.78, 5) is 15.9. The van der Waals surface area contributed by atoms with Crippen LogP contribution in [0.15, 0.2) is 54.9 Å². The van der Waals surface area contributed by atoms with E-state index in [1.54, 1.807) is 24.6 Å². The Morgan fingerprint density at radius 3 is 2.70 bits per heavy atom. The van der Waals surface area contributed by atoms with Gasteiger partial charge in [0.2, 0.25) is 5.88 Å². The minimum atomic E-state index is 0.610. The van der Waals surface area contributed by atoms with E-state index < -0.39 is 0 Å². The maximum atomic E-state index is 5.24. The van der Waals surface area contributed by atoms with E-state index in [9.17, 15) is 0 Å². The zero-order chi connectivity index (χ0) is 20.3. The summed E-state index contributed by atoms with van der Waals surface area (Å²) in [5.41, 5.74) is 4.44. The summed E-state index contributed by atoms with van der Waals surface area (Å²) in [6.07, 6.45) is 6.24. The van der Waals surface area contributed by atoms with E-state index in [2.05, 4.69) is 50.5 Å². The van der Waals surface area contributed by atoms with Gasteiger partial charge < -0.3 is 10.1 Å². The highest BCUT2D eigenvalue weighted by atomic mass is 32.1. The molecule has 0 radical (unpaired) electrons. The molecule has 152 valence electrons. The lowest BCUT2D eigenvalue weighted by atomic mass is 10.1. The van der Waals surface area contributed by atoms with E-state index in [0.717, 1.165) is 38.8 Å². The normalized spacial score (nSPS) is 14.3. The molecule has 3 aromatic heterocycles. The van der Waals surface area contributed by atoms with Crippen LogP contribution in [0.4, 0.5) is 10.9 Å². The van der Waals surface area contributed by atoms with Crippen LogP contribution < -0.4 is 10.1 Å². The molecule has 30 heavy (non-hydrogen) atoms. The van der Waals surface area contributed by atoms with Crippen molar-refractivity contribution >= 4 is 32.5 Å². The average Bonchev–Trinajstić information content (AvgIpc) is 3.42. The number of aromatic nitrogens is 3. The summed E-state index contributed by atoms with van der Waals surface area (Å²) in [7, 11) is 1.63. The van der Waals surface area contributed by atoms with Gasteiger partial charge >= 0.3 is 0 Å². The van der Waals surface area contributed by atoms with Crippen molar-refractivity contribution in [1.29, 1.82) is 0 Å². The Hall–Kier alpha value is -3.03. The summed E-state index contributed by atoms with van der Waals surface area (Å²) in [6.45, 7) is 3.36. The summed E-state index contributed by atoms with van der Waals surface area (Å²) < 4.78 is 6.37. The first-order valence-electron chi connectivity index (χ1n) is 10.1.